The lowest BCUT2D eigenvalue weighted by atomic mass is 10.1. The largest absolute Gasteiger partial charge is 0.273 e. The number of hydrogen-bond acceptors (Lipinski definition) is 2. The number of aryl methyl sites for hydroxylation is 1. The van der Waals surface area contributed by atoms with E-state index < -0.39 is 34.8 Å². The van der Waals surface area contributed by atoms with Crippen molar-refractivity contribution in [3.63, 3.8) is 0 Å². The molecule has 0 aromatic heterocycles. The fraction of sp³-hybridized carbons (Fsp3) is 0.133. The maximum atomic E-state index is 13.3. The van der Waals surface area contributed by atoms with Crippen LogP contribution >= 0.6 is 0 Å². The second kappa shape index (κ2) is 7.02. The van der Waals surface area contributed by atoms with E-state index in [2.05, 4.69) is 5.10 Å². The van der Waals surface area contributed by atoms with Crippen molar-refractivity contribution in [2.24, 2.45) is 5.10 Å². The van der Waals surface area contributed by atoms with Gasteiger partial charge in [0, 0.05) is 6.21 Å². The molecule has 0 radical (unpaired) electrons. The van der Waals surface area contributed by atoms with Gasteiger partial charge >= 0.3 is 0 Å². The van der Waals surface area contributed by atoms with Crippen molar-refractivity contribution < 1.29 is 22.0 Å². The van der Waals surface area contributed by atoms with E-state index in [1.54, 1.807) is 0 Å². The quantitative estimate of drug-likeness (QED) is 0.285. The Labute approximate surface area is 123 Å². The van der Waals surface area contributed by atoms with Crippen LogP contribution in [0.2, 0.25) is 0 Å². The smallest absolute Gasteiger partial charge is 0.200 e. The topological polar surface area (TPSA) is 24.4 Å². The zero-order chi connectivity index (χ0) is 16.1. The normalized spacial score (nSPS) is 11.1. The lowest BCUT2D eigenvalue weighted by Gasteiger charge is -2.06. The first kappa shape index (κ1) is 15.9. The summed E-state index contributed by atoms with van der Waals surface area (Å²) in [6.45, 7) is 0. The number of rotatable bonds is 5. The van der Waals surface area contributed by atoms with E-state index in [9.17, 15) is 22.0 Å². The van der Waals surface area contributed by atoms with Crippen LogP contribution in [0.25, 0.3) is 0 Å². The summed E-state index contributed by atoms with van der Waals surface area (Å²) >= 11 is 0. The predicted molar refractivity (Wildman–Crippen MR) is 73.1 cm³/mol. The van der Waals surface area contributed by atoms with Crippen LogP contribution in [0.1, 0.15) is 12.0 Å². The maximum absolute atomic E-state index is 13.3. The van der Waals surface area contributed by atoms with E-state index >= 15 is 0 Å². The molecule has 0 unspecified atom stereocenters. The minimum Gasteiger partial charge on any atom is -0.273 e. The summed E-state index contributed by atoms with van der Waals surface area (Å²) in [5.74, 6) is -10.1. The highest BCUT2D eigenvalue weighted by Gasteiger charge is 2.25. The monoisotopic (exact) mass is 314 g/mol. The van der Waals surface area contributed by atoms with Crippen molar-refractivity contribution in [3.05, 3.63) is 65.0 Å². The van der Waals surface area contributed by atoms with Gasteiger partial charge in [-0.2, -0.15) is 5.10 Å². The molecule has 7 heteroatoms. The third-order valence-corrected chi connectivity index (χ3v) is 2.88. The van der Waals surface area contributed by atoms with Gasteiger partial charge in [0.2, 0.25) is 5.82 Å². The zero-order valence-electron chi connectivity index (χ0n) is 11.2. The number of anilines is 1. The molecule has 0 saturated carbocycles. The molecule has 116 valence electrons. The molecular formula is C15H11F5N2. The van der Waals surface area contributed by atoms with Gasteiger partial charge in [0.25, 0.3) is 0 Å². The van der Waals surface area contributed by atoms with Crippen LogP contribution in [0.4, 0.5) is 27.6 Å². The summed E-state index contributed by atoms with van der Waals surface area (Å²) in [7, 11) is 0. The molecule has 0 aliphatic rings. The fourth-order valence-electron chi connectivity index (χ4n) is 1.75. The molecule has 0 heterocycles. The van der Waals surface area contributed by atoms with Gasteiger partial charge in [-0.05, 0) is 18.4 Å². The first-order valence-corrected chi connectivity index (χ1v) is 6.35. The first-order valence-electron chi connectivity index (χ1n) is 6.35. The maximum Gasteiger partial charge on any atom is 0.200 e. The van der Waals surface area contributed by atoms with Gasteiger partial charge in [0.15, 0.2) is 23.3 Å². The fourth-order valence-corrected chi connectivity index (χ4v) is 1.75. The third-order valence-electron chi connectivity index (χ3n) is 2.88. The Balaban J connectivity index is 2.01. The summed E-state index contributed by atoms with van der Waals surface area (Å²) in [5, 5.41) is 3.48. The molecule has 1 N–H and O–H groups in total. The molecule has 0 fully saturated rings. The van der Waals surface area contributed by atoms with E-state index in [0.29, 0.717) is 12.8 Å². The molecule has 0 bridgehead atoms. The summed E-state index contributed by atoms with van der Waals surface area (Å²) in [5.41, 5.74) is 1.71. The van der Waals surface area contributed by atoms with Crippen LogP contribution in [-0.4, -0.2) is 6.21 Å². The van der Waals surface area contributed by atoms with E-state index in [0.717, 1.165) is 5.56 Å². The van der Waals surface area contributed by atoms with Crippen LogP contribution < -0.4 is 5.43 Å². The van der Waals surface area contributed by atoms with Gasteiger partial charge in [0.05, 0.1) is 0 Å². The molecule has 0 amide bonds. The second-order valence-electron chi connectivity index (χ2n) is 4.39. The standard InChI is InChI=1S/C15H11F5N2/c16-10-11(17)13(19)15(14(20)12(10)18)22-21-8-4-7-9-5-2-1-3-6-9/h1-3,5-6,8,22H,4,7H2/b21-8-. The summed E-state index contributed by atoms with van der Waals surface area (Å²) < 4.78 is 65.4. The second-order valence-corrected chi connectivity index (χ2v) is 4.39. The van der Waals surface area contributed by atoms with Gasteiger partial charge in [-0.1, -0.05) is 30.3 Å². The van der Waals surface area contributed by atoms with Gasteiger partial charge in [0.1, 0.15) is 5.69 Å². The predicted octanol–water partition coefficient (Wildman–Crippen LogP) is 4.41. The minimum absolute atomic E-state index is 0.437. The van der Waals surface area contributed by atoms with Crippen LogP contribution in [-0.2, 0) is 6.42 Å². The number of hydrogen-bond donors (Lipinski definition) is 1. The Kier molecular flexibility index (Phi) is 5.08. The Morgan fingerprint density at radius 2 is 1.36 bits per heavy atom. The molecule has 2 nitrogen and oxygen atoms in total. The van der Waals surface area contributed by atoms with Crippen molar-refractivity contribution in [1.29, 1.82) is 0 Å². The summed E-state index contributed by atoms with van der Waals surface area (Å²) in [4.78, 5) is 0. The van der Waals surface area contributed by atoms with Gasteiger partial charge in [-0.25, -0.2) is 22.0 Å². The van der Waals surface area contributed by atoms with Crippen molar-refractivity contribution in [2.45, 2.75) is 12.8 Å². The van der Waals surface area contributed by atoms with Crippen LogP contribution in [0, 0.1) is 29.1 Å². The number of halogens is 5. The highest BCUT2D eigenvalue weighted by atomic mass is 19.2. The number of nitrogens with zero attached hydrogens (tertiary/aromatic N) is 1. The molecule has 0 spiro atoms. The molecule has 2 aromatic rings. The number of nitrogens with one attached hydrogen (secondary N) is 1. The molecule has 2 rings (SSSR count). The molecule has 2 aromatic carbocycles. The van der Waals surface area contributed by atoms with E-state index in [1.807, 2.05) is 35.8 Å². The van der Waals surface area contributed by atoms with Crippen molar-refractivity contribution in [3.8, 4) is 0 Å². The zero-order valence-corrected chi connectivity index (χ0v) is 11.2. The highest BCUT2D eigenvalue weighted by molar-refractivity contribution is 5.60. The molecule has 0 aliphatic heterocycles. The molecule has 0 aliphatic carbocycles. The molecule has 0 saturated heterocycles. The number of benzene rings is 2. The highest BCUT2D eigenvalue weighted by Crippen LogP contribution is 2.26. The SMILES string of the molecule is Fc1c(F)c(F)c(N/N=C\CCc2ccccc2)c(F)c1F. The van der Waals surface area contributed by atoms with Crippen molar-refractivity contribution in [2.75, 3.05) is 5.43 Å². The lowest BCUT2D eigenvalue weighted by molar-refractivity contribution is 0.381. The Morgan fingerprint density at radius 1 is 0.818 bits per heavy atom. The first-order chi connectivity index (χ1) is 10.5. The molecule has 22 heavy (non-hydrogen) atoms. The lowest BCUT2D eigenvalue weighted by Crippen LogP contribution is -2.06. The van der Waals surface area contributed by atoms with Crippen molar-refractivity contribution >= 4 is 11.9 Å². The Hall–Kier alpha value is -2.44. The number of hydrazone groups is 1. The van der Waals surface area contributed by atoms with Crippen LogP contribution in [0.3, 0.4) is 0 Å². The van der Waals surface area contributed by atoms with Gasteiger partial charge < -0.3 is 0 Å². The molecular weight excluding hydrogens is 303 g/mol. The molecule has 0 atom stereocenters. The summed E-state index contributed by atoms with van der Waals surface area (Å²) in [6, 6.07) is 9.37. The average molecular weight is 314 g/mol. The third kappa shape index (κ3) is 3.41. The van der Waals surface area contributed by atoms with E-state index in [1.165, 1.54) is 6.21 Å². The van der Waals surface area contributed by atoms with Crippen LogP contribution in [0.15, 0.2) is 35.4 Å². The Bertz CT molecular complexity index is 657. The van der Waals surface area contributed by atoms with E-state index in [4.69, 9.17) is 0 Å². The van der Waals surface area contributed by atoms with E-state index in [-0.39, 0.29) is 0 Å². The van der Waals surface area contributed by atoms with Gasteiger partial charge in [-0.15, -0.1) is 0 Å². The Morgan fingerprint density at radius 3 is 1.95 bits per heavy atom. The van der Waals surface area contributed by atoms with Crippen molar-refractivity contribution in [1.82, 2.24) is 0 Å². The average Bonchev–Trinajstić information content (AvgIpc) is 2.54. The van der Waals surface area contributed by atoms with Gasteiger partial charge in [-0.3, -0.25) is 5.43 Å². The minimum atomic E-state index is -2.20. The summed E-state index contributed by atoms with van der Waals surface area (Å²) in [6.07, 6.45) is 2.36. The van der Waals surface area contributed by atoms with Crippen LogP contribution in [0.5, 0.6) is 0 Å².